The van der Waals surface area contributed by atoms with Crippen molar-refractivity contribution in [3.63, 3.8) is 0 Å². The number of likely N-dealkylation sites (tertiary alicyclic amines) is 1. The van der Waals surface area contributed by atoms with Gasteiger partial charge in [-0.15, -0.1) is 0 Å². The first-order chi connectivity index (χ1) is 14.5. The highest BCUT2D eigenvalue weighted by atomic mass is 16.5. The van der Waals surface area contributed by atoms with Crippen LogP contribution in [0, 0.1) is 5.92 Å². The van der Waals surface area contributed by atoms with E-state index in [4.69, 9.17) is 19.3 Å². The lowest BCUT2D eigenvalue weighted by Gasteiger charge is -2.24. The lowest BCUT2D eigenvalue weighted by atomic mass is 9.94. The van der Waals surface area contributed by atoms with E-state index in [1.54, 1.807) is 30.4 Å². The van der Waals surface area contributed by atoms with Gasteiger partial charge in [0.15, 0.2) is 0 Å². The number of ether oxygens (including phenoxy) is 3. The molecule has 2 atom stereocenters. The molecule has 1 aromatic rings. The van der Waals surface area contributed by atoms with E-state index in [-0.39, 0.29) is 37.3 Å². The van der Waals surface area contributed by atoms with Crippen LogP contribution >= 0.6 is 0 Å². The first kappa shape index (κ1) is 23.7. The van der Waals surface area contributed by atoms with E-state index in [0.717, 1.165) is 5.56 Å². The Bertz CT molecular complexity index is 686. The Morgan fingerprint density at radius 3 is 2.47 bits per heavy atom. The van der Waals surface area contributed by atoms with Gasteiger partial charge in [-0.3, -0.25) is 19.4 Å². The van der Waals surface area contributed by atoms with Gasteiger partial charge in [-0.2, -0.15) is 0 Å². The highest BCUT2D eigenvalue weighted by Gasteiger charge is 2.42. The number of hydrogen-bond acceptors (Lipinski definition) is 7. The molecular weight excluding hydrogens is 394 g/mol. The fourth-order valence-electron chi connectivity index (χ4n) is 3.19. The maximum atomic E-state index is 12.6. The van der Waals surface area contributed by atoms with Crippen LogP contribution in [0.15, 0.2) is 24.5 Å². The molecule has 0 unspecified atom stereocenters. The summed E-state index contributed by atoms with van der Waals surface area (Å²) in [6.45, 7) is 2.27. The van der Waals surface area contributed by atoms with Crippen LogP contribution in [0.5, 0.6) is 0 Å². The third-order valence-corrected chi connectivity index (χ3v) is 4.70. The van der Waals surface area contributed by atoms with E-state index in [1.807, 2.05) is 6.07 Å². The number of nitrogens with one attached hydrogen (secondary N) is 1. The Balaban J connectivity index is 1.57. The zero-order valence-electron chi connectivity index (χ0n) is 17.1. The Labute approximate surface area is 175 Å². The highest BCUT2D eigenvalue weighted by molar-refractivity contribution is 5.90. The van der Waals surface area contributed by atoms with Crippen molar-refractivity contribution in [2.75, 3.05) is 53.2 Å². The summed E-state index contributed by atoms with van der Waals surface area (Å²) in [6.07, 6.45) is 3.48. The van der Waals surface area contributed by atoms with Crippen LogP contribution in [0.2, 0.25) is 0 Å². The van der Waals surface area contributed by atoms with Gasteiger partial charge >= 0.3 is 5.97 Å². The highest BCUT2D eigenvalue weighted by Crippen LogP contribution is 2.36. The van der Waals surface area contributed by atoms with Gasteiger partial charge < -0.3 is 29.5 Å². The van der Waals surface area contributed by atoms with Crippen molar-refractivity contribution in [1.29, 1.82) is 0 Å². The van der Waals surface area contributed by atoms with Crippen molar-refractivity contribution in [2.45, 2.75) is 18.9 Å². The quantitative estimate of drug-likeness (QED) is 0.408. The van der Waals surface area contributed by atoms with Gasteiger partial charge in [0.2, 0.25) is 11.8 Å². The summed E-state index contributed by atoms with van der Waals surface area (Å²) >= 11 is 0. The number of amides is 2. The molecule has 1 aliphatic rings. The third kappa shape index (κ3) is 7.69. The molecular formula is C20H29N3O7. The largest absolute Gasteiger partial charge is 0.481 e. The van der Waals surface area contributed by atoms with Gasteiger partial charge in [-0.1, -0.05) is 6.07 Å². The molecule has 2 rings (SSSR count). The number of carbonyl (C=O) groups excluding carboxylic acids is 2. The van der Waals surface area contributed by atoms with E-state index < -0.39 is 11.9 Å². The predicted octanol–water partition coefficient (Wildman–Crippen LogP) is 0.242. The molecule has 2 N–H and O–H groups in total. The third-order valence-electron chi connectivity index (χ3n) is 4.70. The summed E-state index contributed by atoms with van der Waals surface area (Å²) in [5, 5.41) is 11.3. The van der Waals surface area contributed by atoms with E-state index in [1.165, 1.54) is 0 Å². The van der Waals surface area contributed by atoms with Crippen molar-refractivity contribution < 1.29 is 33.7 Å². The molecule has 1 fully saturated rings. The zero-order valence-corrected chi connectivity index (χ0v) is 17.1. The number of carboxylic acids is 1. The summed E-state index contributed by atoms with van der Waals surface area (Å²) in [4.78, 5) is 40.7. The van der Waals surface area contributed by atoms with Crippen molar-refractivity contribution in [3.05, 3.63) is 30.1 Å². The number of hydrogen-bond donors (Lipinski definition) is 2. The zero-order chi connectivity index (χ0) is 21.8. The lowest BCUT2D eigenvalue weighted by molar-refractivity contribution is -0.138. The van der Waals surface area contributed by atoms with Gasteiger partial charge in [0.05, 0.1) is 58.0 Å². The van der Waals surface area contributed by atoms with Crippen LogP contribution in [0.1, 0.15) is 24.4 Å². The SMILES string of the molecule is CN1C(=O)C[C@H](C(=O)NCCOCCOCCOCCC(=O)O)[C@H]1c1cccnc1. The second-order valence-corrected chi connectivity index (χ2v) is 6.82. The van der Waals surface area contributed by atoms with Crippen LogP contribution in [0.25, 0.3) is 0 Å². The average Bonchev–Trinajstić information content (AvgIpc) is 3.03. The van der Waals surface area contributed by atoms with Gasteiger partial charge in [0.1, 0.15) is 0 Å². The molecule has 0 spiro atoms. The molecule has 10 heteroatoms. The molecule has 1 aromatic heterocycles. The number of carboxylic acid groups (broad SMARTS) is 1. The minimum absolute atomic E-state index is 0.0247. The number of rotatable bonds is 14. The van der Waals surface area contributed by atoms with E-state index in [0.29, 0.717) is 39.6 Å². The minimum atomic E-state index is -0.893. The Hall–Kier alpha value is -2.56. The fourth-order valence-corrected chi connectivity index (χ4v) is 3.19. The second-order valence-electron chi connectivity index (χ2n) is 6.82. The first-order valence-electron chi connectivity index (χ1n) is 9.89. The number of aliphatic carboxylic acids is 1. The fraction of sp³-hybridized carbons (Fsp3) is 0.600. The van der Waals surface area contributed by atoms with Crippen LogP contribution in [-0.4, -0.2) is 86.0 Å². The number of aromatic nitrogens is 1. The molecule has 30 heavy (non-hydrogen) atoms. The van der Waals surface area contributed by atoms with Crippen molar-refractivity contribution >= 4 is 17.8 Å². The topological polar surface area (TPSA) is 127 Å². The predicted molar refractivity (Wildman–Crippen MR) is 106 cm³/mol. The van der Waals surface area contributed by atoms with Crippen molar-refractivity contribution in [1.82, 2.24) is 15.2 Å². The van der Waals surface area contributed by atoms with Gasteiger partial charge in [-0.05, 0) is 11.6 Å². The molecule has 10 nitrogen and oxygen atoms in total. The lowest BCUT2D eigenvalue weighted by Crippen LogP contribution is -2.36. The Kier molecular flexibility index (Phi) is 10.2. The van der Waals surface area contributed by atoms with E-state index in [9.17, 15) is 14.4 Å². The average molecular weight is 423 g/mol. The van der Waals surface area contributed by atoms with Crippen LogP contribution in [-0.2, 0) is 28.6 Å². The van der Waals surface area contributed by atoms with Crippen molar-refractivity contribution in [2.24, 2.45) is 5.92 Å². The van der Waals surface area contributed by atoms with Crippen LogP contribution in [0.3, 0.4) is 0 Å². The smallest absolute Gasteiger partial charge is 0.305 e. The van der Waals surface area contributed by atoms with Gasteiger partial charge in [-0.25, -0.2) is 0 Å². The maximum Gasteiger partial charge on any atom is 0.305 e. The summed E-state index contributed by atoms with van der Waals surface area (Å²) in [7, 11) is 1.70. The number of nitrogens with zero attached hydrogens (tertiary/aromatic N) is 2. The molecule has 0 bridgehead atoms. The molecule has 2 amide bonds. The monoisotopic (exact) mass is 423 g/mol. The summed E-state index contributed by atoms with van der Waals surface area (Å²) in [6, 6.07) is 3.34. The molecule has 0 radical (unpaired) electrons. The molecule has 166 valence electrons. The number of carbonyl (C=O) groups is 3. The molecule has 0 aromatic carbocycles. The molecule has 1 aliphatic heterocycles. The molecule has 0 saturated carbocycles. The normalized spacial score (nSPS) is 18.6. The second kappa shape index (κ2) is 12.9. The van der Waals surface area contributed by atoms with Crippen LogP contribution < -0.4 is 5.32 Å². The Morgan fingerprint density at radius 2 is 1.83 bits per heavy atom. The standard InChI is InChI=1S/C20H29N3O7/c1-23-17(24)13-16(19(23)15-3-2-5-21-14-15)20(27)22-6-8-29-10-12-30-11-9-28-7-4-18(25)26/h2-3,5,14,16,19H,4,6-13H2,1H3,(H,22,27)(H,25,26)/t16-,19+/m0/s1. The summed E-state index contributed by atoms with van der Waals surface area (Å²) in [5.41, 5.74) is 0.839. The van der Waals surface area contributed by atoms with Crippen molar-refractivity contribution in [3.8, 4) is 0 Å². The Morgan fingerprint density at radius 1 is 1.17 bits per heavy atom. The summed E-state index contributed by atoms with van der Waals surface area (Å²) in [5.74, 6) is -1.60. The first-order valence-corrected chi connectivity index (χ1v) is 9.89. The van der Waals surface area contributed by atoms with Gasteiger partial charge in [0, 0.05) is 32.4 Å². The summed E-state index contributed by atoms with van der Waals surface area (Å²) < 4.78 is 15.8. The molecule has 2 heterocycles. The molecule has 0 aliphatic carbocycles. The number of pyridine rings is 1. The minimum Gasteiger partial charge on any atom is -0.481 e. The van der Waals surface area contributed by atoms with E-state index in [2.05, 4.69) is 10.3 Å². The maximum absolute atomic E-state index is 12.6. The van der Waals surface area contributed by atoms with Crippen LogP contribution in [0.4, 0.5) is 0 Å². The molecule has 1 saturated heterocycles. The van der Waals surface area contributed by atoms with Gasteiger partial charge in [0.25, 0.3) is 0 Å². The van der Waals surface area contributed by atoms with E-state index >= 15 is 0 Å².